The van der Waals surface area contributed by atoms with Crippen LogP contribution in [-0.4, -0.2) is 36.2 Å². The number of alkyl halides is 3. The first kappa shape index (κ1) is 13.6. The van der Waals surface area contributed by atoms with Crippen molar-refractivity contribution < 1.29 is 17.9 Å². The predicted octanol–water partition coefficient (Wildman–Crippen LogP) is 2.01. The number of thioether (sulfide) groups is 1. The Morgan fingerprint density at radius 3 is 2.69 bits per heavy atom. The number of amidine groups is 1. The molecule has 16 heavy (non-hydrogen) atoms. The highest BCUT2D eigenvalue weighted by Crippen LogP contribution is 2.30. The van der Waals surface area contributed by atoms with E-state index in [0.29, 0.717) is 12.4 Å². The van der Waals surface area contributed by atoms with Crippen molar-refractivity contribution in [3.05, 3.63) is 0 Å². The van der Waals surface area contributed by atoms with Gasteiger partial charge in [-0.15, -0.1) is 0 Å². The molecule has 0 aromatic heterocycles. The van der Waals surface area contributed by atoms with Gasteiger partial charge in [0.2, 0.25) is 0 Å². The van der Waals surface area contributed by atoms with Crippen molar-refractivity contribution in [2.75, 3.05) is 18.1 Å². The molecule has 0 amide bonds. The maximum Gasteiger partial charge on any atom is 0.399 e. The third-order valence-electron chi connectivity index (χ3n) is 2.38. The highest BCUT2D eigenvalue weighted by Gasteiger charge is 2.41. The van der Waals surface area contributed by atoms with Gasteiger partial charge in [-0.25, -0.2) is 0 Å². The van der Waals surface area contributed by atoms with Crippen molar-refractivity contribution >= 4 is 17.6 Å². The molecule has 1 rings (SSSR count). The van der Waals surface area contributed by atoms with E-state index in [0.717, 1.165) is 24.6 Å². The molecule has 0 aromatic carbocycles. The van der Waals surface area contributed by atoms with E-state index in [-0.39, 0.29) is 11.9 Å². The Morgan fingerprint density at radius 1 is 1.56 bits per heavy atom. The maximum absolute atomic E-state index is 12.4. The monoisotopic (exact) mass is 256 g/mol. The molecule has 2 unspecified atom stereocenters. The van der Waals surface area contributed by atoms with Gasteiger partial charge in [-0.1, -0.05) is 0 Å². The molecule has 1 saturated heterocycles. The average molecular weight is 256 g/mol. The number of hydrogen-bond donors (Lipinski definition) is 2. The molecule has 2 atom stereocenters. The van der Waals surface area contributed by atoms with E-state index in [2.05, 4.69) is 0 Å². The van der Waals surface area contributed by atoms with Gasteiger partial charge in [-0.05, 0) is 12.8 Å². The van der Waals surface area contributed by atoms with Gasteiger partial charge >= 0.3 is 6.18 Å². The zero-order valence-electron chi connectivity index (χ0n) is 8.72. The zero-order valence-corrected chi connectivity index (χ0v) is 9.53. The zero-order chi connectivity index (χ0) is 12.2. The van der Waals surface area contributed by atoms with Crippen LogP contribution >= 0.6 is 11.8 Å². The maximum atomic E-state index is 12.4. The van der Waals surface area contributed by atoms with Gasteiger partial charge in [0.15, 0.2) is 0 Å². The van der Waals surface area contributed by atoms with Gasteiger partial charge < -0.3 is 10.5 Å². The predicted molar refractivity (Wildman–Crippen MR) is 57.8 cm³/mol. The van der Waals surface area contributed by atoms with E-state index in [1.54, 1.807) is 0 Å². The van der Waals surface area contributed by atoms with Crippen LogP contribution in [0.1, 0.15) is 12.8 Å². The first-order chi connectivity index (χ1) is 7.41. The minimum absolute atomic E-state index is 0.0610. The third kappa shape index (κ3) is 4.21. The molecule has 1 fully saturated rings. The molecule has 0 saturated carbocycles. The summed E-state index contributed by atoms with van der Waals surface area (Å²) in [5, 5.41) is 6.91. The highest BCUT2D eigenvalue weighted by molar-refractivity contribution is 7.99. The Kier molecular flexibility index (Phi) is 4.91. The van der Waals surface area contributed by atoms with E-state index in [9.17, 15) is 13.2 Å². The van der Waals surface area contributed by atoms with Crippen LogP contribution in [0.4, 0.5) is 13.2 Å². The Balaban J connectivity index is 2.30. The summed E-state index contributed by atoms with van der Waals surface area (Å²) in [6, 6.07) is 0. The van der Waals surface area contributed by atoms with Crippen molar-refractivity contribution in [2.24, 2.45) is 11.7 Å². The fraction of sp³-hybridized carbons (Fsp3) is 0.889. The molecular weight excluding hydrogens is 241 g/mol. The Labute approximate surface area is 96.4 Å². The molecule has 1 aliphatic rings. The number of hydrogen-bond acceptors (Lipinski definition) is 3. The molecule has 94 valence electrons. The molecule has 0 bridgehead atoms. The summed E-state index contributed by atoms with van der Waals surface area (Å²) < 4.78 is 42.5. The quantitative estimate of drug-likeness (QED) is 0.584. The van der Waals surface area contributed by atoms with E-state index in [4.69, 9.17) is 15.9 Å². The first-order valence-electron chi connectivity index (χ1n) is 5.01. The van der Waals surface area contributed by atoms with Gasteiger partial charge in [0.1, 0.15) is 11.8 Å². The van der Waals surface area contributed by atoms with Crippen LogP contribution in [0, 0.1) is 11.3 Å². The molecule has 0 radical (unpaired) electrons. The van der Waals surface area contributed by atoms with Gasteiger partial charge in [-0.3, -0.25) is 5.41 Å². The van der Waals surface area contributed by atoms with Crippen LogP contribution in [0.15, 0.2) is 0 Å². The first-order valence-corrected chi connectivity index (χ1v) is 6.16. The topological polar surface area (TPSA) is 59.1 Å². The van der Waals surface area contributed by atoms with Gasteiger partial charge in [-0.2, -0.15) is 24.9 Å². The molecule has 3 N–H and O–H groups in total. The smallest absolute Gasteiger partial charge is 0.387 e. The molecule has 1 aliphatic heterocycles. The minimum atomic E-state index is -4.42. The van der Waals surface area contributed by atoms with Crippen molar-refractivity contribution in [3.63, 3.8) is 0 Å². The molecule has 0 aliphatic carbocycles. The lowest BCUT2D eigenvalue weighted by Gasteiger charge is -2.19. The molecule has 1 heterocycles. The second kappa shape index (κ2) is 5.77. The van der Waals surface area contributed by atoms with Crippen LogP contribution < -0.4 is 5.73 Å². The lowest BCUT2D eigenvalue weighted by Crippen LogP contribution is -2.37. The van der Waals surface area contributed by atoms with Crippen molar-refractivity contribution in [3.8, 4) is 0 Å². The van der Waals surface area contributed by atoms with Crippen molar-refractivity contribution in [1.29, 1.82) is 5.41 Å². The number of ether oxygens (including phenoxy) is 1. The van der Waals surface area contributed by atoms with E-state index >= 15 is 0 Å². The summed E-state index contributed by atoms with van der Waals surface area (Å²) in [7, 11) is 0. The molecule has 0 aromatic rings. The van der Waals surface area contributed by atoms with Crippen molar-refractivity contribution in [2.45, 2.75) is 25.1 Å². The summed E-state index contributed by atoms with van der Waals surface area (Å²) in [6.07, 6.45) is -2.48. The van der Waals surface area contributed by atoms with E-state index < -0.39 is 17.9 Å². The summed E-state index contributed by atoms with van der Waals surface area (Å²) in [5.41, 5.74) is 4.94. The fourth-order valence-electron chi connectivity index (χ4n) is 1.45. The molecule has 0 spiro atoms. The SMILES string of the molecule is N=C(N)C(CSCC1CCCO1)C(F)(F)F. The van der Waals surface area contributed by atoms with Gasteiger partial charge in [0.25, 0.3) is 0 Å². The average Bonchev–Trinajstić information content (AvgIpc) is 2.61. The summed E-state index contributed by atoms with van der Waals surface area (Å²) in [6.45, 7) is 0.695. The number of rotatable bonds is 5. The van der Waals surface area contributed by atoms with Crippen LogP contribution in [0.2, 0.25) is 0 Å². The fourth-order valence-corrected chi connectivity index (χ4v) is 2.72. The Morgan fingerprint density at radius 2 is 2.25 bits per heavy atom. The number of halogens is 3. The third-order valence-corrected chi connectivity index (χ3v) is 3.56. The Bertz CT molecular complexity index is 241. The lowest BCUT2D eigenvalue weighted by atomic mass is 10.1. The normalized spacial score (nSPS) is 23.3. The number of nitrogens with two attached hydrogens (primary N) is 1. The van der Waals surface area contributed by atoms with Crippen LogP contribution in [0.5, 0.6) is 0 Å². The molecule has 7 heteroatoms. The summed E-state index contributed by atoms with van der Waals surface area (Å²) in [4.78, 5) is 0. The minimum Gasteiger partial charge on any atom is -0.387 e. The lowest BCUT2D eigenvalue weighted by molar-refractivity contribution is -0.150. The van der Waals surface area contributed by atoms with Gasteiger partial charge in [0.05, 0.1) is 6.10 Å². The summed E-state index contributed by atoms with van der Waals surface area (Å²) in [5.74, 6) is -2.30. The molecular formula is C9H15F3N2OS. The van der Waals surface area contributed by atoms with E-state index in [1.807, 2.05) is 0 Å². The van der Waals surface area contributed by atoms with Gasteiger partial charge in [0, 0.05) is 18.1 Å². The van der Waals surface area contributed by atoms with Crippen LogP contribution in [0.25, 0.3) is 0 Å². The standard InChI is InChI=1S/C9H15F3N2OS/c10-9(11,12)7(8(13)14)5-16-4-6-2-1-3-15-6/h6-7H,1-5H2,(H3,13,14). The largest absolute Gasteiger partial charge is 0.399 e. The highest BCUT2D eigenvalue weighted by atomic mass is 32.2. The number of nitrogens with one attached hydrogen (secondary N) is 1. The Hall–Kier alpha value is -0.430. The summed E-state index contributed by atoms with van der Waals surface area (Å²) >= 11 is 1.15. The van der Waals surface area contributed by atoms with Crippen molar-refractivity contribution in [1.82, 2.24) is 0 Å². The second-order valence-corrected chi connectivity index (χ2v) is 4.80. The van der Waals surface area contributed by atoms with Crippen LogP contribution in [-0.2, 0) is 4.74 Å². The molecule has 3 nitrogen and oxygen atoms in total. The van der Waals surface area contributed by atoms with E-state index in [1.165, 1.54) is 0 Å². The van der Waals surface area contributed by atoms with Crippen LogP contribution in [0.3, 0.4) is 0 Å². The second-order valence-electron chi connectivity index (χ2n) is 3.72.